The maximum absolute atomic E-state index is 3.85. The molecule has 1 aromatic rings. The highest BCUT2D eigenvalue weighted by molar-refractivity contribution is 7.07. The number of nitrogens with zero attached hydrogens (tertiary/aromatic N) is 1. The zero-order valence-electron chi connectivity index (χ0n) is 11.4. The molecule has 2 nitrogen and oxygen atoms in total. The lowest BCUT2D eigenvalue weighted by Crippen LogP contribution is -2.54. The van der Waals surface area contributed by atoms with E-state index in [0.29, 0.717) is 12.1 Å². The van der Waals surface area contributed by atoms with E-state index in [9.17, 15) is 0 Å². The predicted octanol–water partition coefficient (Wildman–Crippen LogP) is 3.41. The van der Waals surface area contributed by atoms with Crippen molar-refractivity contribution in [2.45, 2.75) is 63.2 Å². The number of fused-ring (bicyclic) bond motifs is 2. The van der Waals surface area contributed by atoms with E-state index in [1.54, 1.807) is 11.3 Å². The van der Waals surface area contributed by atoms with Crippen molar-refractivity contribution in [3.05, 3.63) is 22.4 Å². The summed E-state index contributed by atoms with van der Waals surface area (Å²) in [6.07, 6.45) is 6.91. The van der Waals surface area contributed by atoms with Crippen molar-refractivity contribution in [2.75, 3.05) is 7.05 Å². The monoisotopic (exact) mass is 264 g/mol. The highest BCUT2D eigenvalue weighted by Crippen LogP contribution is 2.33. The van der Waals surface area contributed by atoms with E-state index in [1.807, 2.05) is 0 Å². The Labute approximate surface area is 114 Å². The van der Waals surface area contributed by atoms with Crippen molar-refractivity contribution in [1.29, 1.82) is 0 Å². The molecule has 3 atom stereocenters. The molecule has 2 aliphatic heterocycles. The molecule has 3 rings (SSSR count). The number of thiophene rings is 1. The molecule has 0 radical (unpaired) electrons. The number of rotatable bonds is 3. The second-order valence-electron chi connectivity index (χ2n) is 6.02. The number of hydrogen-bond donors (Lipinski definition) is 1. The Kier molecular flexibility index (Phi) is 3.73. The van der Waals surface area contributed by atoms with Gasteiger partial charge in [0.1, 0.15) is 0 Å². The van der Waals surface area contributed by atoms with Crippen molar-refractivity contribution >= 4 is 11.3 Å². The largest absolute Gasteiger partial charge is 0.307 e. The fraction of sp³-hybridized carbons (Fsp3) is 0.733. The van der Waals surface area contributed by atoms with Gasteiger partial charge in [-0.05, 0) is 62.0 Å². The van der Waals surface area contributed by atoms with E-state index in [-0.39, 0.29) is 0 Å². The second kappa shape index (κ2) is 5.32. The average Bonchev–Trinajstić information content (AvgIpc) is 2.84. The highest BCUT2D eigenvalue weighted by atomic mass is 32.1. The first kappa shape index (κ1) is 12.6. The van der Waals surface area contributed by atoms with Crippen molar-refractivity contribution in [1.82, 2.24) is 10.2 Å². The van der Waals surface area contributed by atoms with Gasteiger partial charge in [-0.2, -0.15) is 11.3 Å². The molecule has 0 amide bonds. The van der Waals surface area contributed by atoms with E-state index in [4.69, 9.17) is 0 Å². The Hall–Kier alpha value is -0.380. The molecule has 1 N–H and O–H groups in total. The van der Waals surface area contributed by atoms with E-state index < -0.39 is 0 Å². The first-order chi connectivity index (χ1) is 8.74. The van der Waals surface area contributed by atoms with Gasteiger partial charge in [-0.25, -0.2) is 0 Å². The Balaban J connectivity index is 1.61. The van der Waals surface area contributed by atoms with Gasteiger partial charge in [-0.15, -0.1) is 0 Å². The Morgan fingerprint density at radius 3 is 2.67 bits per heavy atom. The quantitative estimate of drug-likeness (QED) is 0.900. The standard InChI is InChI=1S/C15H24N2S/c1-11(12-6-7-18-10-12)16-13-8-14-4-3-5-15(9-13)17(14)2/h6-7,10-11,13-16H,3-5,8-9H2,1-2H3. The lowest BCUT2D eigenvalue weighted by Gasteiger charge is -2.47. The molecule has 3 unspecified atom stereocenters. The van der Waals surface area contributed by atoms with Gasteiger partial charge in [0.2, 0.25) is 0 Å². The van der Waals surface area contributed by atoms with Gasteiger partial charge < -0.3 is 10.2 Å². The molecule has 1 aromatic heterocycles. The van der Waals surface area contributed by atoms with E-state index in [1.165, 1.54) is 37.7 Å². The van der Waals surface area contributed by atoms with Crippen molar-refractivity contribution in [2.24, 2.45) is 0 Å². The van der Waals surface area contributed by atoms with Crippen LogP contribution in [0.25, 0.3) is 0 Å². The van der Waals surface area contributed by atoms with Crippen LogP contribution in [0, 0.1) is 0 Å². The summed E-state index contributed by atoms with van der Waals surface area (Å²) < 4.78 is 0. The molecular weight excluding hydrogens is 240 g/mol. The zero-order valence-corrected chi connectivity index (χ0v) is 12.2. The minimum atomic E-state index is 0.505. The molecule has 3 heterocycles. The summed E-state index contributed by atoms with van der Waals surface area (Å²) >= 11 is 1.80. The van der Waals surface area contributed by atoms with Crippen LogP contribution in [0.5, 0.6) is 0 Å². The molecular formula is C15H24N2S. The van der Waals surface area contributed by atoms with Gasteiger partial charge in [0.15, 0.2) is 0 Å². The summed E-state index contributed by atoms with van der Waals surface area (Å²) in [4.78, 5) is 2.64. The topological polar surface area (TPSA) is 15.3 Å². The lowest BCUT2D eigenvalue weighted by molar-refractivity contribution is 0.0463. The summed E-state index contributed by atoms with van der Waals surface area (Å²) in [6.45, 7) is 2.30. The first-order valence-corrected chi connectivity index (χ1v) is 8.18. The van der Waals surface area contributed by atoms with Gasteiger partial charge >= 0.3 is 0 Å². The number of hydrogen-bond acceptors (Lipinski definition) is 3. The third-order valence-electron chi connectivity index (χ3n) is 4.87. The van der Waals surface area contributed by atoms with Crippen LogP contribution in [0.3, 0.4) is 0 Å². The van der Waals surface area contributed by atoms with Gasteiger partial charge in [0, 0.05) is 24.2 Å². The normalized spacial score (nSPS) is 34.4. The van der Waals surface area contributed by atoms with Crippen molar-refractivity contribution in [3.8, 4) is 0 Å². The van der Waals surface area contributed by atoms with Crippen LogP contribution < -0.4 is 5.32 Å². The Morgan fingerprint density at radius 1 is 1.33 bits per heavy atom. The molecule has 2 bridgehead atoms. The highest BCUT2D eigenvalue weighted by Gasteiger charge is 2.36. The molecule has 18 heavy (non-hydrogen) atoms. The van der Waals surface area contributed by atoms with Crippen LogP contribution in [0.1, 0.15) is 50.6 Å². The van der Waals surface area contributed by atoms with E-state index in [0.717, 1.165) is 12.1 Å². The van der Waals surface area contributed by atoms with Gasteiger partial charge in [0.25, 0.3) is 0 Å². The Morgan fingerprint density at radius 2 is 2.06 bits per heavy atom. The van der Waals surface area contributed by atoms with Crippen molar-refractivity contribution < 1.29 is 0 Å². The molecule has 2 fully saturated rings. The van der Waals surface area contributed by atoms with Crippen LogP contribution in [0.2, 0.25) is 0 Å². The third-order valence-corrected chi connectivity index (χ3v) is 5.57. The SMILES string of the molecule is CC(NC1CC2CCCC(C1)N2C)c1ccsc1. The van der Waals surface area contributed by atoms with E-state index >= 15 is 0 Å². The Bertz CT molecular complexity index is 362. The number of nitrogens with one attached hydrogen (secondary N) is 1. The molecule has 2 aliphatic rings. The maximum atomic E-state index is 3.85. The van der Waals surface area contributed by atoms with Crippen molar-refractivity contribution in [3.63, 3.8) is 0 Å². The molecule has 0 aliphatic carbocycles. The van der Waals surface area contributed by atoms with Gasteiger partial charge in [-0.3, -0.25) is 0 Å². The predicted molar refractivity (Wildman–Crippen MR) is 78.1 cm³/mol. The molecule has 0 aromatic carbocycles. The van der Waals surface area contributed by atoms with Crippen LogP contribution in [-0.4, -0.2) is 30.1 Å². The molecule has 3 heteroatoms. The summed E-state index contributed by atoms with van der Waals surface area (Å²) in [5.41, 5.74) is 1.45. The average molecular weight is 264 g/mol. The first-order valence-electron chi connectivity index (χ1n) is 7.24. The summed E-state index contributed by atoms with van der Waals surface area (Å²) in [7, 11) is 2.33. The van der Waals surface area contributed by atoms with Crippen LogP contribution >= 0.6 is 11.3 Å². The van der Waals surface area contributed by atoms with Crippen LogP contribution in [-0.2, 0) is 0 Å². The lowest BCUT2D eigenvalue weighted by atomic mass is 9.82. The van der Waals surface area contributed by atoms with Gasteiger partial charge in [0.05, 0.1) is 0 Å². The summed E-state index contributed by atoms with van der Waals surface area (Å²) in [5.74, 6) is 0. The third kappa shape index (κ3) is 2.49. The second-order valence-corrected chi connectivity index (χ2v) is 6.80. The minimum Gasteiger partial charge on any atom is -0.307 e. The maximum Gasteiger partial charge on any atom is 0.0302 e. The number of piperidine rings is 2. The summed E-state index contributed by atoms with van der Waals surface area (Å²) in [6, 6.07) is 5.11. The fourth-order valence-electron chi connectivity index (χ4n) is 3.72. The molecule has 2 saturated heterocycles. The van der Waals surface area contributed by atoms with Gasteiger partial charge in [-0.1, -0.05) is 6.42 Å². The summed E-state index contributed by atoms with van der Waals surface area (Å²) in [5, 5.41) is 8.30. The fourth-order valence-corrected chi connectivity index (χ4v) is 4.48. The molecule has 0 saturated carbocycles. The zero-order chi connectivity index (χ0) is 12.5. The van der Waals surface area contributed by atoms with Crippen LogP contribution in [0.15, 0.2) is 16.8 Å². The molecule has 0 spiro atoms. The van der Waals surface area contributed by atoms with Crippen LogP contribution in [0.4, 0.5) is 0 Å². The smallest absolute Gasteiger partial charge is 0.0302 e. The minimum absolute atomic E-state index is 0.505. The molecule has 100 valence electrons. The van der Waals surface area contributed by atoms with E-state index in [2.05, 4.69) is 41.0 Å².